The lowest BCUT2D eigenvalue weighted by Crippen LogP contribution is -2.11. The summed E-state index contributed by atoms with van der Waals surface area (Å²) in [6.07, 6.45) is 3.95. The predicted molar refractivity (Wildman–Crippen MR) is 108 cm³/mol. The summed E-state index contributed by atoms with van der Waals surface area (Å²) in [6.45, 7) is 6.19. The summed E-state index contributed by atoms with van der Waals surface area (Å²) in [5, 5.41) is 3.98. The van der Waals surface area contributed by atoms with Crippen LogP contribution in [0.25, 0.3) is 21.7 Å². The standard InChI is InChI=1S/C21H23N3OS/c1-4-7-18(25)23-17-13-16(10-11-22-17)21-20(24-19(5-2)26-21)15-9-6-8-14(3)12-15/h6,8-13H,4-5,7H2,1-3H3,(H,22,23,25). The number of pyridine rings is 1. The number of aromatic nitrogens is 2. The number of aryl methyl sites for hydroxylation is 2. The molecule has 0 saturated heterocycles. The van der Waals surface area contributed by atoms with Crippen LogP contribution >= 0.6 is 11.3 Å². The molecule has 0 aliphatic rings. The van der Waals surface area contributed by atoms with Gasteiger partial charge in [0.15, 0.2) is 0 Å². The average molecular weight is 366 g/mol. The van der Waals surface area contributed by atoms with Crippen LogP contribution in [0.1, 0.15) is 37.3 Å². The van der Waals surface area contributed by atoms with Crippen LogP contribution < -0.4 is 5.32 Å². The molecular formula is C21H23N3OS. The van der Waals surface area contributed by atoms with Crippen LogP contribution in [0.4, 0.5) is 5.82 Å². The van der Waals surface area contributed by atoms with Crippen molar-refractivity contribution in [2.45, 2.75) is 40.0 Å². The first kappa shape index (κ1) is 18.3. The quantitative estimate of drug-likeness (QED) is 0.629. The zero-order valence-corrected chi connectivity index (χ0v) is 16.2. The number of amides is 1. The monoisotopic (exact) mass is 365 g/mol. The molecule has 1 amide bonds. The highest BCUT2D eigenvalue weighted by Crippen LogP contribution is 2.37. The number of nitrogens with zero attached hydrogens (tertiary/aromatic N) is 2. The highest BCUT2D eigenvalue weighted by molar-refractivity contribution is 7.15. The minimum absolute atomic E-state index is 0.00499. The summed E-state index contributed by atoms with van der Waals surface area (Å²) in [4.78, 5) is 22.1. The lowest BCUT2D eigenvalue weighted by Gasteiger charge is -2.07. The number of benzene rings is 1. The molecule has 0 atom stereocenters. The van der Waals surface area contributed by atoms with E-state index < -0.39 is 0 Å². The van der Waals surface area contributed by atoms with Gasteiger partial charge in [0.1, 0.15) is 5.82 Å². The number of nitrogens with one attached hydrogen (secondary N) is 1. The number of carbonyl (C=O) groups excluding carboxylic acids is 1. The fourth-order valence-corrected chi connectivity index (χ4v) is 3.79. The molecule has 1 N–H and O–H groups in total. The average Bonchev–Trinajstić information content (AvgIpc) is 3.07. The Balaban J connectivity index is 2.01. The minimum atomic E-state index is -0.00499. The van der Waals surface area contributed by atoms with E-state index in [4.69, 9.17) is 4.98 Å². The normalized spacial score (nSPS) is 10.7. The van der Waals surface area contributed by atoms with E-state index in [9.17, 15) is 4.79 Å². The Kier molecular flexibility index (Phi) is 5.78. The van der Waals surface area contributed by atoms with E-state index in [1.165, 1.54) is 5.56 Å². The number of thiazole rings is 1. The van der Waals surface area contributed by atoms with Gasteiger partial charge in [-0.3, -0.25) is 4.79 Å². The molecule has 1 aromatic carbocycles. The molecule has 0 fully saturated rings. The van der Waals surface area contributed by atoms with Crippen molar-refractivity contribution in [3.05, 3.63) is 53.2 Å². The van der Waals surface area contributed by atoms with E-state index in [1.807, 2.05) is 19.1 Å². The molecule has 0 unspecified atom stereocenters. The molecule has 0 radical (unpaired) electrons. The maximum atomic E-state index is 11.9. The van der Waals surface area contributed by atoms with Crippen molar-refractivity contribution in [1.29, 1.82) is 0 Å². The summed E-state index contributed by atoms with van der Waals surface area (Å²) >= 11 is 1.70. The van der Waals surface area contributed by atoms with Crippen LogP contribution in [0.15, 0.2) is 42.6 Å². The highest BCUT2D eigenvalue weighted by Gasteiger charge is 2.15. The van der Waals surface area contributed by atoms with E-state index in [2.05, 4.69) is 48.4 Å². The van der Waals surface area contributed by atoms with Crippen LogP contribution in [0.5, 0.6) is 0 Å². The van der Waals surface area contributed by atoms with Gasteiger partial charge in [-0.1, -0.05) is 37.6 Å². The maximum absolute atomic E-state index is 11.9. The van der Waals surface area contributed by atoms with Crippen LogP contribution in [0.2, 0.25) is 0 Å². The third kappa shape index (κ3) is 4.17. The Morgan fingerprint density at radius 3 is 2.73 bits per heavy atom. The van der Waals surface area contributed by atoms with Gasteiger partial charge < -0.3 is 5.32 Å². The van der Waals surface area contributed by atoms with Crippen molar-refractivity contribution in [3.63, 3.8) is 0 Å². The van der Waals surface area contributed by atoms with Gasteiger partial charge in [0.25, 0.3) is 0 Å². The van der Waals surface area contributed by atoms with Crippen molar-refractivity contribution in [1.82, 2.24) is 9.97 Å². The van der Waals surface area contributed by atoms with Gasteiger partial charge in [-0.05, 0) is 43.5 Å². The molecule has 4 nitrogen and oxygen atoms in total. The molecule has 26 heavy (non-hydrogen) atoms. The van der Waals surface area contributed by atoms with Gasteiger partial charge in [-0.15, -0.1) is 11.3 Å². The number of anilines is 1. The fraction of sp³-hybridized carbons (Fsp3) is 0.286. The number of hydrogen-bond donors (Lipinski definition) is 1. The van der Waals surface area contributed by atoms with Crippen LogP contribution in [-0.4, -0.2) is 15.9 Å². The molecule has 2 aromatic heterocycles. The third-order valence-corrected chi connectivity index (χ3v) is 5.28. The van der Waals surface area contributed by atoms with E-state index in [1.54, 1.807) is 17.5 Å². The second-order valence-electron chi connectivity index (χ2n) is 6.24. The Labute approximate surface area is 158 Å². The third-order valence-electron chi connectivity index (χ3n) is 4.03. The Morgan fingerprint density at radius 1 is 1.15 bits per heavy atom. The summed E-state index contributed by atoms with van der Waals surface area (Å²) in [7, 11) is 0. The first-order chi connectivity index (χ1) is 12.6. The van der Waals surface area contributed by atoms with Gasteiger partial charge in [-0.25, -0.2) is 9.97 Å². The topological polar surface area (TPSA) is 54.9 Å². The largest absolute Gasteiger partial charge is 0.311 e. The van der Waals surface area contributed by atoms with Crippen LogP contribution in [0, 0.1) is 6.92 Å². The molecule has 2 heterocycles. The lowest BCUT2D eigenvalue weighted by atomic mass is 10.1. The van der Waals surface area contributed by atoms with Gasteiger partial charge in [0.2, 0.25) is 5.91 Å². The molecular weight excluding hydrogens is 342 g/mol. The van der Waals surface area contributed by atoms with Gasteiger partial charge in [0, 0.05) is 18.2 Å². The van der Waals surface area contributed by atoms with E-state index in [-0.39, 0.29) is 5.91 Å². The molecule has 134 valence electrons. The zero-order valence-electron chi connectivity index (χ0n) is 15.4. The Bertz CT molecular complexity index is 917. The molecule has 0 saturated carbocycles. The Morgan fingerprint density at radius 2 is 2.00 bits per heavy atom. The summed E-state index contributed by atoms with van der Waals surface area (Å²) < 4.78 is 0. The molecule has 0 aliphatic heterocycles. The molecule has 0 spiro atoms. The molecule has 5 heteroatoms. The number of rotatable bonds is 6. The molecule has 0 aliphatic carbocycles. The SMILES string of the molecule is CCCC(=O)Nc1cc(-c2sc(CC)nc2-c2cccc(C)c2)ccn1. The van der Waals surface area contributed by atoms with Crippen LogP contribution in [-0.2, 0) is 11.2 Å². The lowest BCUT2D eigenvalue weighted by molar-refractivity contribution is -0.116. The molecule has 0 bridgehead atoms. The summed E-state index contributed by atoms with van der Waals surface area (Å²) in [5.41, 5.74) is 4.35. The van der Waals surface area contributed by atoms with Crippen molar-refractivity contribution >= 4 is 23.1 Å². The van der Waals surface area contributed by atoms with Crippen molar-refractivity contribution in [2.75, 3.05) is 5.32 Å². The van der Waals surface area contributed by atoms with E-state index in [0.717, 1.165) is 39.5 Å². The first-order valence-electron chi connectivity index (χ1n) is 8.93. The fourth-order valence-electron chi connectivity index (χ4n) is 2.77. The highest BCUT2D eigenvalue weighted by atomic mass is 32.1. The van der Waals surface area contributed by atoms with Gasteiger partial charge >= 0.3 is 0 Å². The summed E-state index contributed by atoms with van der Waals surface area (Å²) in [5.74, 6) is 0.581. The first-order valence-corrected chi connectivity index (χ1v) is 9.75. The Hall–Kier alpha value is -2.53. The zero-order chi connectivity index (χ0) is 18.5. The second-order valence-corrected chi connectivity index (χ2v) is 7.32. The van der Waals surface area contributed by atoms with Crippen LogP contribution in [0.3, 0.4) is 0 Å². The van der Waals surface area contributed by atoms with Crippen molar-refractivity contribution in [2.24, 2.45) is 0 Å². The van der Waals surface area contributed by atoms with Crippen molar-refractivity contribution < 1.29 is 4.79 Å². The molecule has 3 aromatic rings. The van der Waals surface area contributed by atoms with Gasteiger partial charge in [0.05, 0.1) is 15.6 Å². The number of carbonyl (C=O) groups is 1. The second kappa shape index (κ2) is 8.23. The molecule has 3 rings (SSSR count). The summed E-state index contributed by atoms with van der Waals surface area (Å²) in [6, 6.07) is 12.3. The predicted octanol–water partition coefficient (Wildman–Crippen LogP) is 5.48. The maximum Gasteiger partial charge on any atom is 0.225 e. The minimum Gasteiger partial charge on any atom is -0.311 e. The smallest absolute Gasteiger partial charge is 0.225 e. The van der Waals surface area contributed by atoms with Crippen molar-refractivity contribution in [3.8, 4) is 21.7 Å². The number of hydrogen-bond acceptors (Lipinski definition) is 4. The van der Waals surface area contributed by atoms with E-state index in [0.29, 0.717) is 12.2 Å². The van der Waals surface area contributed by atoms with Gasteiger partial charge in [-0.2, -0.15) is 0 Å². The van der Waals surface area contributed by atoms with E-state index >= 15 is 0 Å².